The predicted molar refractivity (Wildman–Crippen MR) is 201 cm³/mol. The Morgan fingerprint density at radius 1 is 0.355 bits per heavy atom. The lowest BCUT2D eigenvalue weighted by Crippen LogP contribution is -2.63. The number of hydrogen-bond acceptors (Lipinski definition) is 21. The fraction of sp³-hybridized carbons (Fsp3) is 0.146. The van der Waals surface area contributed by atoms with Gasteiger partial charge in [0, 0.05) is 30.3 Å². The van der Waals surface area contributed by atoms with Crippen molar-refractivity contribution in [2.75, 3.05) is 6.61 Å². The highest BCUT2D eigenvalue weighted by Crippen LogP contribution is 2.35. The number of carbonyl (C=O) groups is 5. The highest BCUT2D eigenvalue weighted by atomic mass is 16.7. The van der Waals surface area contributed by atoms with E-state index < -0.39 is 152 Å². The fourth-order valence-corrected chi connectivity index (χ4v) is 6.06. The molecule has 1 aliphatic heterocycles. The Morgan fingerprint density at radius 2 is 0.613 bits per heavy atom. The van der Waals surface area contributed by atoms with Gasteiger partial charge in [0.05, 0.1) is 27.8 Å². The first-order chi connectivity index (χ1) is 29.3. The molecule has 10 N–H and O–H groups in total. The topological polar surface area (TPSA) is 343 Å². The van der Waals surface area contributed by atoms with E-state index in [1.807, 2.05) is 0 Å². The van der Waals surface area contributed by atoms with Crippen LogP contribution in [0.25, 0.3) is 0 Å². The maximum absolute atomic E-state index is 13.9. The average molecular weight is 861 g/mol. The van der Waals surface area contributed by atoms with Crippen molar-refractivity contribution < 1.29 is 103 Å². The third kappa shape index (κ3) is 10.3. The molecule has 1 fully saturated rings. The van der Waals surface area contributed by atoms with Gasteiger partial charge in [0.25, 0.3) is 0 Å². The molecular formula is C41H32O21. The van der Waals surface area contributed by atoms with Crippen LogP contribution in [-0.4, -0.2) is 118 Å². The van der Waals surface area contributed by atoms with E-state index in [1.165, 1.54) is 0 Å². The summed E-state index contributed by atoms with van der Waals surface area (Å²) in [4.78, 5) is 68.2. The molecule has 6 rings (SSSR count). The second-order valence-electron chi connectivity index (χ2n) is 13.3. The van der Waals surface area contributed by atoms with Crippen molar-refractivity contribution in [2.24, 2.45) is 0 Å². The van der Waals surface area contributed by atoms with Crippen LogP contribution >= 0.6 is 0 Å². The van der Waals surface area contributed by atoms with E-state index in [2.05, 4.69) is 0 Å². The van der Waals surface area contributed by atoms with Gasteiger partial charge in [-0.05, 0) is 60.7 Å². The third-order valence-corrected chi connectivity index (χ3v) is 8.61. The zero-order valence-corrected chi connectivity index (χ0v) is 31.2. The molecule has 1 aliphatic rings. The molecule has 1 heterocycles. The fourth-order valence-electron chi connectivity index (χ4n) is 6.06. The number of phenols is 10. The molecule has 1 saturated heterocycles. The van der Waals surface area contributed by atoms with E-state index in [-0.39, 0.29) is 0 Å². The molecule has 0 saturated carbocycles. The van der Waals surface area contributed by atoms with E-state index in [1.54, 1.807) is 0 Å². The van der Waals surface area contributed by atoms with Gasteiger partial charge in [-0.15, -0.1) is 0 Å². The molecule has 5 aromatic carbocycles. The van der Waals surface area contributed by atoms with E-state index >= 15 is 0 Å². The molecule has 21 heteroatoms. The zero-order chi connectivity index (χ0) is 45.0. The van der Waals surface area contributed by atoms with Gasteiger partial charge in [-0.3, -0.25) is 0 Å². The predicted octanol–water partition coefficient (Wildman–Crippen LogP) is 3.16. The summed E-state index contributed by atoms with van der Waals surface area (Å²) in [5.41, 5.74) is -2.65. The lowest BCUT2D eigenvalue weighted by Gasteiger charge is -2.43. The maximum atomic E-state index is 13.9. The monoisotopic (exact) mass is 860 g/mol. The van der Waals surface area contributed by atoms with Gasteiger partial charge in [0.15, 0.2) is 12.2 Å². The van der Waals surface area contributed by atoms with Crippen LogP contribution in [0.1, 0.15) is 51.8 Å². The Labute approximate surface area is 346 Å². The van der Waals surface area contributed by atoms with Gasteiger partial charge in [-0.2, -0.15) is 0 Å². The number of phenolic OH excluding ortho intramolecular Hbond substituents is 10. The molecule has 0 amide bonds. The van der Waals surface area contributed by atoms with E-state index in [0.29, 0.717) is 0 Å². The molecule has 322 valence electrons. The minimum Gasteiger partial charge on any atom is -0.508 e. The molecule has 0 unspecified atom stereocenters. The van der Waals surface area contributed by atoms with Gasteiger partial charge in [0.1, 0.15) is 70.2 Å². The number of carbonyl (C=O) groups excluding carboxylic acids is 5. The highest BCUT2D eigenvalue weighted by molar-refractivity contribution is 5.93. The molecule has 21 nitrogen and oxygen atoms in total. The summed E-state index contributed by atoms with van der Waals surface area (Å²) in [5.74, 6) is -13.2. The quantitative estimate of drug-likeness (QED) is 0.0673. The van der Waals surface area contributed by atoms with Crippen molar-refractivity contribution in [3.05, 3.63) is 119 Å². The van der Waals surface area contributed by atoms with Gasteiger partial charge in [-0.1, -0.05) is 0 Å². The summed E-state index contributed by atoms with van der Waals surface area (Å²) in [6.45, 7) is -1.05. The van der Waals surface area contributed by atoms with Gasteiger partial charge in [0.2, 0.25) is 12.4 Å². The maximum Gasteiger partial charge on any atom is 0.340 e. The molecule has 0 aromatic heterocycles. The molecule has 0 spiro atoms. The number of hydrogen-bond donors (Lipinski definition) is 10. The van der Waals surface area contributed by atoms with Crippen LogP contribution in [0.2, 0.25) is 0 Å². The number of benzene rings is 5. The van der Waals surface area contributed by atoms with Crippen molar-refractivity contribution in [1.82, 2.24) is 0 Å². The average Bonchev–Trinajstić information content (AvgIpc) is 3.17. The first-order valence-electron chi connectivity index (χ1n) is 17.6. The Morgan fingerprint density at radius 3 is 0.935 bits per heavy atom. The van der Waals surface area contributed by atoms with Crippen LogP contribution in [-0.2, 0) is 28.4 Å². The normalized spacial score (nSPS) is 18.2. The Hall–Kier alpha value is -8.59. The number of ether oxygens (including phenoxy) is 6. The standard InChI is InChI=1S/C41H32O21/c42-22-1-17(2-23(43)11-22)36(52)57-16-32-33(59-37(53)18-3-24(44)12-25(45)4-18)34(60-38(54)19-5-26(46)13-27(47)6-19)35(61-39(55)20-7-28(48)14-29(49)8-20)41(58-32)62-40(56)21-9-30(50)15-31(51)10-21/h1-15,32-35,41-51H,16H2/t32-,33-,34+,35-,41+/m1/s1. The second-order valence-corrected chi connectivity index (χ2v) is 13.3. The van der Waals surface area contributed by atoms with Crippen LogP contribution in [0.4, 0.5) is 0 Å². The van der Waals surface area contributed by atoms with Crippen molar-refractivity contribution in [2.45, 2.75) is 30.7 Å². The van der Waals surface area contributed by atoms with Crippen LogP contribution < -0.4 is 0 Å². The molecule has 5 atom stereocenters. The minimum absolute atomic E-state index is 0.429. The number of aromatic hydroxyl groups is 10. The summed E-state index contributed by atoms with van der Waals surface area (Å²) in [6.07, 6.45) is -11.0. The van der Waals surface area contributed by atoms with Gasteiger partial charge in [-0.25, -0.2) is 24.0 Å². The van der Waals surface area contributed by atoms with Crippen molar-refractivity contribution in [3.63, 3.8) is 0 Å². The van der Waals surface area contributed by atoms with Gasteiger partial charge >= 0.3 is 29.8 Å². The summed E-state index contributed by atoms with van der Waals surface area (Å²) < 4.78 is 33.9. The summed E-state index contributed by atoms with van der Waals surface area (Å²) in [7, 11) is 0. The zero-order valence-electron chi connectivity index (χ0n) is 31.2. The lowest BCUT2D eigenvalue weighted by molar-refractivity contribution is -0.282. The second kappa shape index (κ2) is 17.7. The molecule has 0 radical (unpaired) electrons. The molecule has 0 aliphatic carbocycles. The Bertz CT molecular complexity index is 2470. The Kier molecular flexibility index (Phi) is 12.3. The minimum atomic E-state index is -2.33. The number of rotatable bonds is 11. The largest absolute Gasteiger partial charge is 0.508 e. The van der Waals surface area contributed by atoms with Crippen LogP contribution in [0.3, 0.4) is 0 Å². The van der Waals surface area contributed by atoms with Crippen LogP contribution in [0.15, 0.2) is 91.0 Å². The number of esters is 5. The van der Waals surface area contributed by atoms with Gasteiger partial charge < -0.3 is 79.5 Å². The van der Waals surface area contributed by atoms with Crippen LogP contribution in [0, 0.1) is 0 Å². The SMILES string of the molecule is O=C(OC[C@H]1O[C@@H](OC(=O)c2cc(O)cc(O)c2)[C@H](OC(=O)c2cc(O)cc(O)c2)[C@@H](OC(=O)c2cc(O)cc(O)c2)[C@@H]1OC(=O)c1cc(O)cc(O)c1)c1cc(O)cc(O)c1. The molecule has 5 aromatic rings. The summed E-state index contributed by atoms with van der Waals surface area (Å²) in [5, 5.41) is 101. The Balaban J connectivity index is 1.49. The van der Waals surface area contributed by atoms with Crippen molar-refractivity contribution in [3.8, 4) is 57.5 Å². The third-order valence-electron chi connectivity index (χ3n) is 8.61. The summed E-state index contributed by atoms with van der Waals surface area (Å²) >= 11 is 0. The van der Waals surface area contributed by atoms with E-state index in [0.717, 1.165) is 91.0 Å². The van der Waals surface area contributed by atoms with Crippen molar-refractivity contribution in [1.29, 1.82) is 0 Å². The smallest absolute Gasteiger partial charge is 0.340 e. The van der Waals surface area contributed by atoms with E-state index in [9.17, 15) is 75.0 Å². The summed E-state index contributed by atoms with van der Waals surface area (Å²) in [6, 6.07) is 12.8. The first kappa shape index (κ1) is 43.0. The van der Waals surface area contributed by atoms with Crippen molar-refractivity contribution >= 4 is 29.8 Å². The lowest BCUT2D eigenvalue weighted by atomic mass is 9.97. The highest BCUT2D eigenvalue weighted by Gasteiger charge is 2.55. The van der Waals surface area contributed by atoms with Crippen LogP contribution in [0.5, 0.6) is 57.5 Å². The molecule has 62 heavy (non-hydrogen) atoms. The van der Waals surface area contributed by atoms with E-state index in [4.69, 9.17) is 28.4 Å². The molecule has 0 bridgehead atoms. The molecular weight excluding hydrogens is 828 g/mol. The first-order valence-corrected chi connectivity index (χ1v) is 17.6.